The molecule has 0 saturated heterocycles. The number of halogens is 1. The second kappa shape index (κ2) is 6.39. The Kier molecular flexibility index (Phi) is 4.84. The number of rotatable bonds is 5. The van der Waals surface area contributed by atoms with Crippen molar-refractivity contribution in [2.24, 2.45) is 0 Å². The van der Waals surface area contributed by atoms with E-state index in [1.807, 2.05) is 0 Å². The number of hydrogen-bond donors (Lipinski definition) is 1. The molecule has 2 nitrogen and oxygen atoms in total. The van der Waals surface area contributed by atoms with Gasteiger partial charge >= 0.3 is 0 Å². The lowest BCUT2D eigenvalue weighted by Crippen LogP contribution is -2.24. The Labute approximate surface area is 118 Å². The molecule has 1 aliphatic carbocycles. The number of fused-ring (bicyclic) bond motifs is 1. The standard InChI is InChI=1S/C15H20BrNO/c1-3-17-15-6-4-5-12-7-8-13(9-14(12)15)18-10-11(2)16/h7-9,15,17H,2-6,10H2,1H3. The maximum absolute atomic E-state index is 5.69. The first-order valence-corrected chi connectivity index (χ1v) is 7.32. The van der Waals surface area contributed by atoms with Gasteiger partial charge in [0.1, 0.15) is 12.4 Å². The maximum Gasteiger partial charge on any atom is 0.120 e. The largest absolute Gasteiger partial charge is 0.488 e. The minimum Gasteiger partial charge on any atom is -0.488 e. The highest BCUT2D eigenvalue weighted by atomic mass is 79.9. The van der Waals surface area contributed by atoms with Crippen LogP contribution in [0.1, 0.15) is 36.9 Å². The van der Waals surface area contributed by atoms with E-state index < -0.39 is 0 Å². The predicted molar refractivity (Wildman–Crippen MR) is 79.4 cm³/mol. The second-order valence-corrected chi connectivity index (χ2v) is 5.79. The molecular formula is C15H20BrNO. The van der Waals surface area contributed by atoms with Crippen LogP contribution in [0, 0.1) is 0 Å². The molecule has 0 fully saturated rings. The summed E-state index contributed by atoms with van der Waals surface area (Å²) in [6.45, 7) is 7.46. The van der Waals surface area contributed by atoms with Crippen LogP contribution in [-0.4, -0.2) is 13.2 Å². The molecule has 18 heavy (non-hydrogen) atoms. The summed E-state index contributed by atoms with van der Waals surface area (Å²) in [4.78, 5) is 0. The number of aryl methyl sites for hydroxylation is 1. The zero-order chi connectivity index (χ0) is 13.0. The summed E-state index contributed by atoms with van der Waals surface area (Å²) in [5.74, 6) is 0.930. The van der Waals surface area contributed by atoms with Crippen LogP contribution in [0.4, 0.5) is 0 Å². The van der Waals surface area contributed by atoms with Crippen LogP contribution < -0.4 is 10.1 Å². The lowest BCUT2D eigenvalue weighted by molar-refractivity contribution is 0.358. The van der Waals surface area contributed by atoms with Crippen molar-refractivity contribution >= 4 is 15.9 Å². The summed E-state index contributed by atoms with van der Waals surface area (Å²) in [7, 11) is 0. The van der Waals surface area contributed by atoms with Crippen molar-refractivity contribution in [3.8, 4) is 5.75 Å². The fourth-order valence-corrected chi connectivity index (χ4v) is 2.60. The third-order valence-electron chi connectivity index (χ3n) is 3.28. The van der Waals surface area contributed by atoms with Gasteiger partial charge in [0.05, 0.1) is 0 Å². The van der Waals surface area contributed by atoms with Crippen molar-refractivity contribution in [3.05, 3.63) is 40.4 Å². The van der Waals surface area contributed by atoms with E-state index in [-0.39, 0.29) is 0 Å². The zero-order valence-corrected chi connectivity index (χ0v) is 12.4. The van der Waals surface area contributed by atoms with Crippen molar-refractivity contribution in [1.82, 2.24) is 5.32 Å². The quantitative estimate of drug-likeness (QED) is 0.889. The van der Waals surface area contributed by atoms with E-state index in [9.17, 15) is 0 Å². The highest BCUT2D eigenvalue weighted by molar-refractivity contribution is 9.11. The molecule has 0 amide bonds. The first kappa shape index (κ1) is 13.6. The van der Waals surface area contributed by atoms with Crippen molar-refractivity contribution < 1.29 is 4.74 Å². The van der Waals surface area contributed by atoms with Gasteiger partial charge in [-0.15, -0.1) is 0 Å². The Morgan fingerprint density at radius 2 is 2.39 bits per heavy atom. The van der Waals surface area contributed by atoms with Crippen LogP contribution in [0.15, 0.2) is 29.3 Å². The molecule has 98 valence electrons. The smallest absolute Gasteiger partial charge is 0.120 e. The summed E-state index contributed by atoms with van der Waals surface area (Å²) in [6, 6.07) is 6.92. The molecule has 1 N–H and O–H groups in total. The summed E-state index contributed by atoms with van der Waals surface area (Å²) < 4.78 is 6.55. The van der Waals surface area contributed by atoms with Gasteiger partial charge in [-0.25, -0.2) is 0 Å². The van der Waals surface area contributed by atoms with Gasteiger partial charge in [0.25, 0.3) is 0 Å². The molecule has 2 rings (SSSR count). The van der Waals surface area contributed by atoms with Crippen LogP contribution in [0.3, 0.4) is 0 Å². The Bertz CT molecular complexity index is 431. The Balaban J connectivity index is 2.16. The van der Waals surface area contributed by atoms with E-state index in [0.717, 1.165) is 16.8 Å². The normalized spacial score (nSPS) is 18.2. The molecule has 1 atom stereocenters. The molecular weight excluding hydrogens is 290 g/mol. The van der Waals surface area contributed by atoms with Crippen LogP contribution in [-0.2, 0) is 6.42 Å². The van der Waals surface area contributed by atoms with Gasteiger partial charge in [-0.05, 0) is 49.1 Å². The van der Waals surface area contributed by atoms with Crippen LogP contribution >= 0.6 is 15.9 Å². The minimum atomic E-state index is 0.481. The van der Waals surface area contributed by atoms with Gasteiger partial charge in [0.2, 0.25) is 0 Å². The third kappa shape index (κ3) is 3.36. The maximum atomic E-state index is 5.69. The van der Waals surface area contributed by atoms with Gasteiger partial charge in [0, 0.05) is 10.5 Å². The van der Waals surface area contributed by atoms with Crippen LogP contribution in [0.2, 0.25) is 0 Å². The van der Waals surface area contributed by atoms with Gasteiger partial charge in [-0.3, -0.25) is 0 Å². The predicted octanol–water partition coefficient (Wildman–Crippen LogP) is 3.96. The average molecular weight is 310 g/mol. The summed E-state index contributed by atoms with van der Waals surface area (Å²) in [6.07, 6.45) is 3.67. The summed E-state index contributed by atoms with van der Waals surface area (Å²) in [5.41, 5.74) is 2.86. The Morgan fingerprint density at radius 3 is 3.11 bits per heavy atom. The molecule has 0 aromatic heterocycles. The molecule has 0 spiro atoms. The van der Waals surface area contributed by atoms with E-state index in [4.69, 9.17) is 4.74 Å². The van der Waals surface area contributed by atoms with E-state index in [1.165, 1.54) is 30.4 Å². The van der Waals surface area contributed by atoms with Gasteiger partial charge in [0.15, 0.2) is 0 Å². The van der Waals surface area contributed by atoms with Crippen LogP contribution in [0.5, 0.6) is 5.75 Å². The fourth-order valence-electron chi connectivity index (χ4n) is 2.49. The number of benzene rings is 1. The molecule has 1 aliphatic rings. The fraction of sp³-hybridized carbons (Fsp3) is 0.467. The Morgan fingerprint density at radius 1 is 1.56 bits per heavy atom. The van der Waals surface area contributed by atoms with E-state index in [0.29, 0.717) is 12.6 Å². The molecule has 1 unspecified atom stereocenters. The monoisotopic (exact) mass is 309 g/mol. The first-order valence-electron chi connectivity index (χ1n) is 6.53. The average Bonchev–Trinajstić information content (AvgIpc) is 2.37. The highest BCUT2D eigenvalue weighted by Crippen LogP contribution is 2.32. The van der Waals surface area contributed by atoms with Crippen molar-refractivity contribution in [3.63, 3.8) is 0 Å². The van der Waals surface area contributed by atoms with Crippen molar-refractivity contribution in [2.45, 2.75) is 32.2 Å². The van der Waals surface area contributed by atoms with Gasteiger partial charge in [-0.2, -0.15) is 0 Å². The first-order chi connectivity index (χ1) is 8.70. The minimum absolute atomic E-state index is 0.481. The molecule has 0 heterocycles. The van der Waals surface area contributed by atoms with Crippen molar-refractivity contribution in [1.29, 1.82) is 0 Å². The lowest BCUT2D eigenvalue weighted by Gasteiger charge is -2.26. The highest BCUT2D eigenvalue weighted by Gasteiger charge is 2.19. The number of nitrogens with one attached hydrogen (secondary N) is 1. The molecule has 1 aromatic rings. The number of ether oxygens (including phenoxy) is 1. The molecule has 1 aromatic carbocycles. The molecule has 3 heteroatoms. The molecule has 0 aliphatic heterocycles. The van der Waals surface area contributed by atoms with Crippen molar-refractivity contribution in [2.75, 3.05) is 13.2 Å². The lowest BCUT2D eigenvalue weighted by atomic mass is 9.87. The van der Waals surface area contributed by atoms with Gasteiger partial charge < -0.3 is 10.1 Å². The zero-order valence-electron chi connectivity index (χ0n) is 10.8. The third-order valence-corrected chi connectivity index (χ3v) is 3.51. The molecule has 0 saturated carbocycles. The Hall–Kier alpha value is -0.800. The van der Waals surface area contributed by atoms with Gasteiger partial charge in [-0.1, -0.05) is 35.5 Å². The molecule has 0 radical (unpaired) electrons. The van der Waals surface area contributed by atoms with Crippen LogP contribution in [0.25, 0.3) is 0 Å². The second-order valence-electron chi connectivity index (χ2n) is 4.67. The summed E-state index contributed by atoms with van der Waals surface area (Å²) >= 11 is 3.31. The number of hydrogen-bond acceptors (Lipinski definition) is 2. The topological polar surface area (TPSA) is 21.3 Å². The van der Waals surface area contributed by atoms with E-state index in [2.05, 4.69) is 52.9 Å². The van der Waals surface area contributed by atoms with E-state index >= 15 is 0 Å². The SMILES string of the molecule is C=C(Br)COc1ccc2c(c1)C(NCC)CCC2. The summed E-state index contributed by atoms with van der Waals surface area (Å²) in [5, 5.41) is 3.55. The van der Waals surface area contributed by atoms with E-state index in [1.54, 1.807) is 0 Å². The molecule has 0 bridgehead atoms.